The van der Waals surface area contributed by atoms with Crippen LogP contribution in [0.2, 0.25) is 0 Å². The number of methoxy groups -OCH3 is 2. The second-order valence-corrected chi connectivity index (χ2v) is 15.6. The van der Waals surface area contributed by atoms with Crippen molar-refractivity contribution >= 4 is 47.0 Å². The molecule has 0 aromatic heterocycles. The van der Waals surface area contributed by atoms with Crippen LogP contribution < -0.4 is 39.9 Å². The highest BCUT2D eigenvalue weighted by Crippen LogP contribution is 2.34. The van der Waals surface area contributed by atoms with Gasteiger partial charge in [-0.2, -0.15) is 26.3 Å². The van der Waals surface area contributed by atoms with Gasteiger partial charge in [-0.25, -0.2) is 9.59 Å². The molecule has 5 aromatic carbocycles. The third-order valence-electron chi connectivity index (χ3n) is 10.3. The molecule has 0 aliphatic carbocycles. The molecule has 5 rings (SSSR count). The minimum atomic E-state index is -4.30. The first kappa shape index (κ1) is 54.1. The predicted molar refractivity (Wildman–Crippen MR) is 248 cm³/mol. The van der Waals surface area contributed by atoms with Gasteiger partial charge in [-0.15, -0.1) is 0 Å². The van der Waals surface area contributed by atoms with E-state index in [1.165, 1.54) is 129 Å². The van der Waals surface area contributed by atoms with Crippen LogP contribution in [0.15, 0.2) is 115 Å². The molecule has 0 saturated heterocycles. The molecule has 0 saturated carbocycles. The van der Waals surface area contributed by atoms with Crippen LogP contribution in [0.4, 0.5) is 37.7 Å². The molecule has 20 heteroatoms. The van der Waals surface area contributed by atoms with Gasteiger partial charge in [0.2, 0.25) is 0 Å². The first-order valence-electron chi connectivity index (χ1n) is 21.5. The summed E-state index contributed by atoms with van der Waals surface area (Å²) in [5.41, 5.74) is 13.2. The van der Waals surface area contributed by atoms with Crippen molar-refractivity contribution in [3.05, 3.63) is 143 Å². The van der Waals surface area contributed by atoms with Crippen molar-refractivity contribution in [2.75, 3.05) is 38.9 Å². The summed E-state index contributed by atoms with van der Waals surface area (Å²) in [5, 5.41) is 22.9. The Morgan fingerprint density at radius 3 is 1.34 bits per heavy atom. The van der Waals surface area contributed by atoms with E-state index < -0.39 is 66.8 Å². The Hall–Kier alpha value is -7.84. The van der Waals surface area contributed by atoms with Gasteiger partial charge < -0.3 is 50.1 Å². The molecule has 376 valence electrons. The summed E-state index contributed by atoms with van der Waals surface area (Å²) >= 11 is 0. The highest BCUT2D eigenvalue weighted by Gasteiger charge is 2.37. The Balaban J connectivity index is 1.23. The summed E-state index contributed by atoms with van der Waals surface area (Å²) in [5.74, 6) is -4.42. The number of anilines is 2. The highest BCUT2D eigenvalue weighted by molar-refractivity contribution is 6.01. The van der Waals surface area contributed by atoms with E-state index in [0.717, 1.165) is 12.2 Å². The number of hydrogen-bond acceptors (Lipinski definition) is 14. The first-order valence-corrected chi connectivity index (χ1v) is 21.5. The molecule has 0 fully saturated rings. The molecular weight excluding hydrogens is 947 g/mol. The SMILES string of the molecule is COc1cc(/C=C/C(=O)C(O)C(c2ccc(N)cc2N)C(O)C(=O)/C=C/c2ccc(OC(=O)c3ccc(OCCCC(F)(F)F)cc3)c(OC)c2)ccc1OC(=O)c1ccc(OCCCC(F)(F)F)cc1. The number of carbonyl (C=O) groups excluding carboxylic acids is 4. The number of ether oxygens (including phenoxy) is 6. The average Bonchev–Trinajstić information content (AvgIpc) is 3.33. The fourth-order valence-corrected chi connectivity index (χ4v) is 6.68. The summed E-state index contributed by atoms with van der Waals surface area (Å²) in [6.07, 6.45) is -10.5. The minimum absolute atomic E-state index is 0.00262. The normalized spacial score (nSPS) is 13.0. The van der Waals surface area contributed by atoms with Crippen LogP contribution in [-0.4, -0.2) is 85.7 Å². The van der Waals surface area contributed by atoms with E-state index >= 15 is 0 Å². The lowest BCUT2D eigenvalue weighted by molar-refractivity contribution is -0.137. The lowest BCUT2D eigenvalue weighted by Crippen LogP contribution is -2.39. The number of alkyl halides is 6. The summed E-state index contributed by atoms with van der Waals surface area (Å²) in [6, 6.07) is 23.8. The van der Waals surface area contributed by atoms with E-state index in [4.69, 9.17) is 39.9 Å². The minimum Gasteiger partial charge on any atom is -0.494 e. The average molecular weight is 995 g/mol. The number of benzene rings is 5. The zero-order chi connectivity index (χ0) is 51.9. The van der Waals surface area contributed by atoms with Crippen LogP contribution in [0.5, 0.6) is 34.5 Å². The summed E-state index contributed by atoms with van der Waals surface area (Å²) in [7, 11) is 2.61. The summed E-state index contributed by atoms with van der Waals surface area (Å²) in [4.78, 5) is 52.9. The number of aliphatic hydroxyl groups is 2. The maximum Gasteiger partial charge on any atom is 0.389 e. The predicted octanol–water partition coefficient (Wildman–Crippen LogP) is 9.12. The maximum absolute atomic E-state index is 13.6. The number of nitrogen functional groups attached to an aromatic ring is 2. The van der Waals surface area contributed by atoms with Gasteiger partial charge in [0.05, 0.1) is 44.5 Å². The second-order valence-electron chi connectivity index (χ2n) is 15.6. The van der Waals surface area contributed by atoms with Crippen molar-refractivity contribution in [2.45, 2.75) is 56.2 Å². The Bertz CT molecular complexity index is 2550. The number of hydrogen-bond donors (Lipinski definition) is 4. The number of nitrogens with two attached hydrogens (primary N) is 2. The van der Waals surface area contributed by atoms with E-state index in [0.29, 0.717) is 11.1 Å². The molecule has 2 unspecified atom stereocenters. The van der Waals surface area contributed by atoms with E-state index in [-0.39, 0.29) is 88.6 Å². The van der Waals surface area contributed by atoms with Gasteiger partial charge in [-0.1, -0.05) is 30.4 Å². The quantitative estimate of drug-likeness (QED) is 0.0120. The molecule has 0 radical (unpaired) electrons. The highest BCUT2D eigenvalue weighted by atomic mass is 19.4. The molecule has 0 bridgehead atoms. The Morgan fingerprint density at radius 2 is 0.972 bits per heavy atom. The van der Waals surface area contributed by atoms with Gasteiger partial charge in [0.1, 0.15) is 23.7 Å². The number of esters is 2. The molecule has 0 spiro atoms. The van der Waals surface area contributed by atoms with Crippen LogP contribution in [0.1, 0.15) is 69.0 Å². The third-order valence-corrected chi connectivity index (χ3v) is 10.3. The fourth-order valence-electron chi connectivity index (χ4n) is 6.68. The molecule has 0 heterocycles. The lowest BCUT2D eigenvalue weighted by Gasteiger charge is -2.26. The maximum atomic E-state index is 13.6. The second kappa shape index (κ2) is 24.6. The van der Waals surface area contributed by atoms with Gasteiger partial charge in [0.15, 0.2) is 34.6 Å². The van der Waals surface area contributed by atoms with E-state index in [1.807, 2.05) is 0 Å². The zero-order valence-electron chi connectivity index (χ0n) is 38.0. The van der Waals surface area contributed by atoms with Crippen molar-refractivity contribution in [3.63, 3.8) is 0 Å². The topological polar surface area (TPSA) is 216 Å². The molecule has 14 nitrogen and oxygen atoms in total. The van der Waals surface area contributed by atoms with Gasteiger partial charge >= 0.3 is 24.3 Å². The number of halogens is 6. The standard InChI is InChI=1S/C51H48F6N2O12/c1-66-43-27-30(7-21-41(43)70-48(64)32-9-14-35(15-10-32)68-25-3-23-50(52,53)54)5-19-39(60)46(62)45(37-18-13-34(58)29-38(37)59)47(63)40(61)20-6-31-8-22-42(44(28-31)67-2)71-49(65)33-11-16-36(17-12-33)69-26-4-24-51(55,56)57/h5-22,27-29,45-47,62-63H,3-4,23-26,58-59H2,1-2H3/b19-5+,20-6+. The van der Waals surface area contributed by atoms with Crippen LogP contribution >= 0.6 is 0 Å². The first-order chi connectivity index (χ1) is 33.6. The molecule has 0 aliphatic heterocycles. The van der Waals surface area contributed by atoms with Crippen molar-refractivity contribution < 1.29 is 84.2 Å². The van der Waals surface area contributed by atoms with E-state index in [9.17, 15) is 55.7 Å². The number of ketones is 2. The van der Waals surface area contributed by atoms with Crippen molar-refractivity contribution in [3.8, 4) is 34.5 Å². The zero-order valence-corrected chi connectivity index (χ0v) is 38.0. The largest absolute Gasteiger partial charge is 0.494 e. The van der Waals surface area contributed by atoms with Gasteiger partial charge in [0, 0.05) is 24.2 Å². The van der Waals surface area contributed by atoms with Gasteiger partial charge in [-0.3, -0.25) is 9.59 Å². The van der Waals surface area contributed by atoms with Crippen molar-refractivity contribution in [1.82, 2.24) is 0 Å². The Labute approximate surface area is 403 Å². The lowest BCUT2D eigenvalue weighted by atomic mass is 9.83. The molecule has 0 aliphatic rings. The monoisotopic (exact) mass is 994 g/mol. The molecule has 0 amide bonds. The molecule has 6 N–H and O–H groups in total. The van der Waals surface area contributed by atoms with E-state index in [1.54, 1.807) is 0 Å². The van der Waals surface area contributed by atoms with E-state index in [2.05, 4.69) is 0 Å². The smallest absolute Gasteiger partial charge is 0.389 e. The molecule has 5 aromatic rings. The molecule has 2 atom stereocenters. The summed E-state index contributed by atoms with van der Waals surface area (Å²) in [6.45, 7) is -0.345. The van der Waals surface area contributed by atoms with Crippen LogP contribution in [0.25, 0.3) is 12.2 Å². The Morgan fingerprint density at radius 1 is 0.563 bits per heavy atom. The van der Waals surface area contributed by atoms with Crippen LogP contribution in [0.3, 0.4) is 0 Å². The van der Waals surface area contributed by atoms with Crippen molar-refractivity contribution in [2.24, 2.45) is 0 Å². The van der Waals surface area contributed by atoms with Crippen molar-refractivity contribution in [1.29, 1.82) is 0 Å². The third kappa shape index (κ3) is 16.4. The fraction of sp³-hybridized carbons (Fsp3) is 0.255. The number of rotatable bonds is 23. The molecular formula is C51H48F6N2O12. The van der Waals surface area contributed by atoms with Gasteiger partial charge in [0.25, 0.3) is 0 Å². The molecule has 71 heavy (non-hydrogen) atoms. The van der Waals surface area contributed by atoms with Gasteiger partial charge in [-0.05, 0) is 127 Å². The van der Waals surface area contributed by atoms with Crippen LogP contribution in [0, 0.1) is 0 Å². The number of carbonyl (C=O) groups is 4. The van der Waals surface area contributed by atoms with Crippen LogP contribution in [-0.2, 0) is 9.59 Å². The number of aliphatic hydroxyl groups excluding tert-OH is 2. The Kier molecular flexibility index (Phi) is 18.8. The summed E-state index contributed by atoms with van der Waals surface area (Å²) < 4.78 is 107.